The molecule has 0 bridgehead atoms. The Bertz CT molecular complexity index is 386. The number of hydrogen-bond donors (Lipinski definition) is 3. The highest BCUT2D eigenvalue weighted by Crippen LogP contribution is 2.27. The molecule has 0 aliphatic rings. The zero-order chi connectivity index (χ0) is 14.3. The average Bonchev–Trinajstić information content (AvgIpc) is 2.36. The minimum Gasteiger partial charge on any atom is -0.504 e. The largest absolute Gasteiger partial charge is 0.504 e. The summed E-state index contributed by atoms with van der Waals surface area (Å²) in [7, 11) is 0. The van der Waals surface area contributed by atoms with E-state index in [9.17, 15) is 15.3 Å². The number of aromatic hydroxyl groups is 2. The van der Waals surface area contributed by atoms with Gasteiger partial charge in [0.25, 0.3) is 0 Å². The second-order valence-corrected chi connectivity index (χ2v) is 5.63. The summed E-state index contributed by atoms with van der Waals surface area (Å²) in [5.41, 5.74) is 0.283. The molecule has 3 N–H and O–H groups in total. The van der Waals surface area contributed by atoms with Crippen LogP contribution < -0.4 is 0 Å². The van der Waals surface area contributed by atoms with Crippen LogP contribution in [0.5, 0.6) is 11.5 Å². The fourth-order valence-corrected chi connectivity index (χ4v) is 2.20. The molecule has 1 aromatic rings. The van der Waals surface area contributed by atoms with Crippen molar-refractivity contribution in [3.05, 3.63) is 23.8 Å². The topological polar surface area (TPSA) is 60.7 Å². The number of aliphatic hydroxyl groups is 1. The van der Waals surface area contributed by atoms with Gasteiger partial charge in [-0.05, 0) is 43.9 Å². The third-order valence-electron chi connectivity index (χ3n) is 3.56. The van der Waals surface area contributed by atoms with Gasteiger partial charge >= 0.3 is 0 Å². The fourth-order valence-electron chi connectivity index (χ4n) is 2.20. The van der Waals surface area contributed by atoms with E-state index in [0.29, 0.717) is 12.8 Å². The molecular formula is C16H26O3. The molecule has 1 rings (SSSR count). The molecule has 19 heavy (non-hydrogen) atoms. The summed E-state index contributed by atoms with van der Waals surface area (Å²) >= 11 is 0. The number of phenolic OH excluding ortho intramolecular Hbond substituents is 2. The SMILES string of the molecule is CCCCCCC(C)(O)CCc1ccc(O)c(O)c1. The normalized spacial score (nSPS) is 14.3. The second-order valence-electron chi connectivity index (χ2n) is 5.63. The van der Waals surface area contributed by atoms with Crippen LogP contribution in [0.15, 0.2) is 18.2 Å². The monoisotopic (exact) mass is 266 g/mol. The lowest BCUT2D eigenvalue weighted by Gasteiger charge is -2.23. The molecule has 0 aliphatic carbocycles. The van der Waals surface area contributed by atoms with E-state index < -0.39 is 5.60 Å². The Morgan fingerprint density at radius 3 is 2.37 bits per heavy atom. The number of rotatable bonds is 8. The van der Waals surface area contributed by atoms with Gasteiger partial charge < -0.3 is 15.3 Å². The molecule has 0 fully saturated rings. The quantitative estimate of drug-likeness (QED) is 0.496. The van der Waals surface area contributed by atoms with E-state index in [0.717, 1.165) is 18.4 Å². The van der Waals surface area contributed by atoms with E-state index >= 15 is 0 Å². The van der Waals surface area contributed by atoms with Crippen LogP contribution in [-0.4, -0.2) is 20.9 Å². The molecule has 108 valence electrons. The number of unbranched alkanes of at least 4 members (excludes halogenated alkanes) is 3. The summed E-state index contributed by atoms with van der Waals surface area (Å²) in [4.78, 5) is 0. The van der Waals surface area contributed by atoms with Crippen LogP contribution in [0, 0.1) is 0 Å². The third-order valence-corrected chi connectivity index (χ3v) is 3.56. The molecule has 1 atom stereocenters. The lowest BCUT2D eigenvalue weighted by molar-refractivity contribution is 0.0396. The highest BCUT2D eigenvalue weighted by molar-refractivity contribution is 5.40. The van der Waals surface area contributed by atoms with E-state index in [1.807, 2.05) is 6.92 Å². The Morgan fingerprint density at radius 2 is 1.74 bits per heavy atom. The van der Waals surface area contributed by atoms with Crippen molar-refractivity contribution < 1.29 is 15.3 Å². The van der Waals surface area contributed by atoms with Crippen LogP contribution in [0.1, 0.15) is 57.9 Å². The fraction of sp³-hybridized carbons (Fsp3) is 0.625. The highest BCUT2D eigenvalue weighted by Gasteiger charge is 2.19. The first-order valence-corrected chi connectivity index (χ1v) is 7.18. The van der Waals surface area contributed by atoms with Gasteiger partial charge in [0.1, 0.15) is 0 Å². The van der Waals surface area contributed by atoms with E-state index in [1.165, 1.54) is 25.3 Å². The maximum Gasteiger partial charge on any atom is 0.157 e. The zero-order valence-electron chi connectivity index (χ0n) is 12.0. The van der Waals surface area contributed by atoms with Crippen molar-refractivity contribution in [2.45, 2.75) is 64.4 Å². The van der Waals surface area contributed by atoms with Crippen molar-refractivity contribution in [1.82, 2.24) is 0 Å². The van der Waals surface area contributed by atoms with E-state index in [2.05, 4.69) is 6.92 Å². The smallest absolute Gasteiger partial charge is 0.157 e. The number of aryl methyl sites for hydroxylation is 1. The molecule has 0 saturated carbocycles. The van der Waals surface area contributed by atoms with Crippen molar-refractivity contribution in [1.29, 1.82) is 0 Å². The van der Waals surface area contributed by atoms with Crippen molar-refractivity contribution in [2.75, 3.05) is 0 Å². The standard InChI is InChI=1S/C16H26O3/c1-3-4-5-6-10-16(2,19)11-9-13-7-8-14(17)15(18)12-13/h7-8,12,17-19H,3-6,9-11H2,1-2H3. The first-order valence-electron chi connectivity index (χ1n) is 7.18. The van der Waals surface area contributed by atoms with E-state index in [-0.39, 0.29) is 11.5 Å². The lowest BCUT2D eigenvalue weighted by Crippen LogP contribution is -2.24. The Kier molecular flexibility index (Phi) is 6.16. The zero-order valence-corrected chi connectivity index (χ0v) is 12.0. The van der Waals surface area contributed by atoms with Crippen LogP contribution in [0.2, 0.25) is 0 Å². The van der Waals surface area contributed by atoms with Crippen LogP contribution in [0.4, 0.5) is 0 Å². The Labute approximate surface area is 115 Å². The first-order chi connectivity index (χ1) is 8.94. The molecule has 1 aromatic carbocycles. The van der Waals surface area contributed by atoms with Crippen LogP contribution in [-0.2, 0) is 6.42 Å². The van der Waals surface area contributed by atoms with Gasteiger partial charge in [-0.15, -0.1) is 0 Å². The predicted octanol–water partition coefficient (Wildman–Crippen LogP) is 3.75. The second kappa shape index (κ2) is 7.39. The summed E-state index contributed by atoms with van der Waals surface area (Å²) in [6.45, 7) is 4.05. The minimum absolute atomic E-state index is 0.0971. The van der Waals surface area contributed by atoms with Gasteiger partial charge in [0.15, 0.2) is 11.5 Å². The predicted molar refractivity (Wildman–Crippen MR) is 77.5 cm³/mol. The van der Waals surface area contributed by atoms with Gasteiger partial charge in [0.2, 0.25) is 0 Å². The molecule has 1 unspecified atom stereocenters. The molecule has 0 amide bonds. The highest BCUT2D eigenvalue weighted by atomic mass is 16.3. The summed E-state index contributed by atoms with van der Waals surface area (Å²) in [5.74, 6) is -0.199. The van der Waals surface area contributed by atoms with E-state index in [4.69, 9.17) is 0 Å². The third kappa shape index (κ3) is 5.97. The van der Waals surface area contributed by atoms with E-state index in [1.54, 1.807) is 12.1 Å². The van der Waals surface area contributed by atoms with Crippen molar-refractivity contribution >= 4 is 0 Å². The molecule has 0 aromatic heterocycles. The van der Waals surface area contributed by atoms with Gasteiger partial charge in [-0.3, -0.25) is 0 Å². The lowest BCUT2D eigenvalue weighted by atomic mass is 9.91. The van der Waals surface area contributed by atoms with Crippen molar-refractivity contribution in [3.63, 3.8) is 0 Å². The van der Waals surface area contributed by atoms with Gasteiger partial charge in [0, 0.05) is 0 Å². The molecule has 0 aliphatic heterocycles. The summed E-state index contributed by atoms with van der Waals surface area (Å²) < 4.78 is 0. The number of benzene rings is 1. The van der Waals surface area contributed by atoms with Gasteiger partial charge in [-0.1, -0.05) is 38.7 Å². The first kappa shape index (κ1) is 15.8. The maximum atomic E-state index is 10.3. The summed E-state index contributed by atoms with van der Waals surface area (Å²) in [5, 5.41) is 28.9. The van der Waals surface area contributed by atoms with Gasteiger partial charge in [-0.25, -0.2) is 0 Å². The Morgan fingerprint density at radius 1 is 1.00 bits per heavy atom. The van der Waals surface area contributed by atoms with Crippen LogP contribution in [0.3, 0.4) is 0 Å². The average molecular weight is 266 g/mol. The number of hydrogen-bond acceptors (Lipinski definition) is 3. The van der Waals surface area contributed by atoms with Crippen molar-refractivity contribution in [3.8, 4) is 11.5 Å². The van der Waals surface area contributed by atoms with Gasteiger partial charge in [0.05, 0.1) is 5.60 Å². The van der Waals surface area contributed by atoms with Crippen LogP contribution >= 0.6 is 0 Å². The molecule has 0 saturated heterocycles. The minimum atomic E-state index is -0.652. The Hall–Kier alpha value is -1.22. The maximum absolute atomic E-state index is 10.3. The molecule has 0 spiro atoms. The molecule has 0 radical (unpaired) electrons. The van der Waals surface area contributed by atoms with Crippen LogP contribution in [0.25, 0.3) is 0 Å². The molecule has 3 heteroatoms. The Balaban J connectivity index is 2.39. The molecule has 0 heterocycles. The number of phenols is 2. The summed E-state index contributed by atoms with van der Waals surface area (Å²) in [6.07, 6.45) is 6.85. The van der Waals surface area contributed by atoms with Gasteiger partial charge in [-0.2, -0.15) is 0 Å². The molecular weight excluding hydrogens is 240 g/mol. The molecule has 3 nitrogen and oxygen atoms in total. The van der Waals surface area contributed by atoms with Crippen molar-refractivity contribution in [2.24, 2.45) is 0 Å². The summed E-state index contributed by atoms with van der Waals surface area (Å²) in [6, 6.07) is 4.82.